The topological polar surface area (TPSA) is 112 Å². The quantitative estimate of drug-likeness (QED) is 0.232. The Bertz CT molecular complexity index is 1720. The highest BCUT2D eigenvalue weighted by atomic mass is 16.7. The van der Waals surface area contributed by atoms with E-state index in [1.54, 1.807) is 14.0 Å². The van der Waals surface area contributed by atoms with Crippen LogP contribution in [0.1, 0.15) is 24.9 Å². The molecular formula is C35H37N7O4. The number of benzene rings is 3. The average Bonchev–Trinajstić information content (AvgIpc) is 3.59. The van der Waals surface area contributed by atoms with Gasteiger partial charge in [0.05, 0.1) is 36.8 Å². The third-order valence-corrected chi connectivity index (χ3v) is 8.25. The summed E-state index contributed by atoms with van der Waals surface area (Å²) in [5.74, 6) is 1.42. The van der Waals surface area contributed by atoms with Crippen molar-refractivity contribution in [1.82, 2.24) is 14.9 Å². The van der Waals surface area contributed by atoms with Crippen LogP contribution in [0.3, 0.4) is 0 Å². The highest BCUT2D eigenvalue weighted by molar-refractivity contribution is 6.02. The number of amides is 2. The van der Waals surface area contributed by atoms with Gasteiger partial charge in [0.25, 0.3) is 0 Å². The number of ether oxygens (including phenoxy) is 1. The lowest BCUT2D eigenvalue weighted by atomic mass is 9.98. The summed E-state index contributed by atoms with van der Waals surface area (Å²) in [4.78, 5) is 43.3. The normalized spacial score (nSPS) is 16.2. The Morgan fingerprint density at radius 1 is 0.957 bits per heavy atom. The molecule has 0 radical (unpaired) electrons. The minimum Gasteiger partial charge on any atom is -0.494 e. The minimum atomic E-state index is -0.336. The van der Waals surface area contributed by atoms with Gasteiger partial charge in [0.2, 0.25) is 11.8 Å². The molecule has 2 amide bonds. The molecule has 1 atom stereocenters. The minimum absolute atomic E-state index is 0.0237. The van der Waals surface area contributed by atoms with Gasteiger partial charge in [-0.25, -0.2) is 15.0 Å². The Labute approximate surface area is 268 Å². The molecule has 2 N–H and O–H groups in total. The third-order valence-electron chi connectivity index (χ3n) is 8.25. The Hall–Kier alpha value is -5.42. The van der Waals surface area contributed by atoms with Crippen LogP contribution in [-0.2, 0) is 14.4 Å². The first-order valence-corrected chi connectivity index (χ1v) is 15.3. The van der Waals surface area contributed by atoms with Gasteiger partial charge in [-0.05, 0) is 34.9 Å². The summed E-state index contributed by atoms with van der Waals surface area (Å²) in [6.45, 7) is 8.16. The number of piperazine rings is 1. The van der Waals surface area contributed by atoms with Crippen molar-refractivity contribution >= 4 is 40.5 Å². The number of methoxy groups -OCH3 is 1. The first-order valence-electron chi connectivity index (χ1n) is 15.3. The number of anilines is 5. The van der Waals surface area contributed by atoms with E-state index in [1.807, 2.05) is 46.4 Å². The van der Waals surface area contributed by atoms with Crippen molar-refractivity contribution in [2.45, 2.75) is 19.4 Å². The van der Waals surface area contributed by atoms with Crippen molar-refractivity contribution < 1.29 is 19.2 Å². The van der Waals surface area contributed by atoms with Crippen LogP contribution >= 0.6 is 0 Å². The molecule has 3 aromatic carbocycles. The predicted octanol–water partition coefficient (Wildman–Crippen LogP) is 5.57. The lowest BCUT2D eigenvalue weighted by Crippen LogP contribution is -2.48. The molecule has 0 unspecified atom stereocenters. The van der Waals surface area contributed by atoms with E-state index in [-0.39, 0.29) is 17.9 Å². The number of carbonyl (C=O) groups is 2. The van der Waals surface area contributed by atoms with Gasteiger partial charge in [0.15, 0.2) is 5.82 Å². The van der Waals surface area contributed by atoms with E-state index >= 15 is 0 Å². The number of nitrogens with one attached hydrogen (secondary N) is 2. The predicted molar refractivity (Wildman–Crippen MR) is 179 cm³/mol. The summed E-state index contributed by atoms with van der Waals surface area (Å²) in [5.41, 5.74) is 5.41. The molecule has 46 heavy (non-hydrogen) atoms. The Balaban J connectivity index is 1.26. The summed E-state index contributed by atoms with van der Waals surface area (Å²) >= 11 is 0. The van der Waals surface area contributed by atoms with Gasteiger partial charge in [-0.1, -0.05) is 55.1 Å². The summed E-state index contributed by atoms with van der Waals surface area (Å²) in [6.07, 6.45) is 3.54. The zero-order chi connectivity index (χ0) is 32.0. The van der Waals surface area contributed by atoms with Gasteiger partial charge < -0.3 is 25.2 Å². The van der Waals surface area contributed by atoms with Crippen LogP contribution in [0, 0.1) is 0 Å². The Kier molecular flexibility index (Phi) is 9.11. The van der Waals surface area contributed by atoms with Crippen LogP contribution in [0.25, 0.3) is 11.1 Å². The fraction of sp³-hybridized carbons (Fsp3) is 0.257. The monoisotopic (exact) mass is 619 g/mol. The maximum absolute atomic E-state index is 12.4. The number of rotatable bonds is 9. The first-order chi connectivity index (χ1) is 22.4. The second-order valence-corrected chi connectivity index (χ2v) is 11.1. The number of hydrogen-bond acceptors (Lipinski definition) is 9. The Morgan fingerprint density at radius 3 is 2.48 bits per heavy atom. The van der Waals surface area contributed by atoms with Gasteiger partial charge in [0.1, 0.15) is 17.9 Å². The van der Waals surface area contributed by atoms with E-state index in [4.69, 9.17) is 9.57 Å². The molecule has 0 spiro atoms. The first kappa shape index (κ1) is 30.6. The lowest BCUT2D eigenvalue weighted by Gasteiger charge is -2.36. The number of aromatic nitrogens is 2. The number of hydroxylamine groups is 1. The molecule has 2 aliphatic rings. The largest absolute Gasteiger partial charge is 0.494 e. The number of carbonyl (C=O) groups excluding carboxylic acids is 2. The van der Waals surface area contributed by atoms with E-state index in [0.29, 0.717) is 61.5 Å². The second-order valence-electron chi connectivity index (χ2n) is 11.1. The molecule has 2 saturated heterocycles. The van der Waals surface area contributed by atoms with Crippen molar-refractivity contribution in [3.8, 4) is 16.9 Å². The maximum atomic E-state index is 12.4. The standard InChI is InChI=1S/C35H37N7O4/c1-4-35(44)39-28-20-29(32(45-3)21-31(28)41-16-14-40(15-17-41)24(2)43)38-33-22-34(37-23-36-33)42-30(13-18-46-42)27-12-8-11-26(19-27)25-9-6-5-7-10-25/h4-12,19-23,30H,1,13-18H2,2-3H3,(H,39,44)(H,36,37,38)/t30-/m1/s1. The van der Waals surface area contributed by atoms with Crippen molar-refractivity contribution in [2.75, 3.05) is 60.5 Å². The van der Waals surface area contributed by atoms with Gasteiger partial charge in [-0.15, -0.1) is 0 Å². The molecular weight excluding hydrogens is 582 g/mol. The zero-order valence-electron chi connectivity index (χ0n) is 26.0. The van der Waals surface area contributed by atoms with Crippen molar-refractivity contribution in [3.63, 3.8) is 0 Å². The van der Waals surface area contributed by atoms with Gasteiger partial charge in [-0.2, -0.15) is 0 Å². The molecule has 2 aliphatic heterocycles. The average molecular weight is 620 g/mol. The van der Waals surface area contributed by atoms with Gasteiger partial charge >= 0.3 is 0 Å². The number of hydrogen-bond donors (Lipinski definition) is 2. The van der Waals surface area contributed by atoms with Gasteiger partial charge in [-0.3, -0.25) is 14.4 Å². The third kappa shape index (κ3) is 6.64. The molecule has 4 aromatic rings. The lowest BCUT2D eigenvalue weighted by molar-refractivity contribution is -0.129. The summed E-state index contributed by atoms with van der Waals surface area (Å²) in [5, 5.41) is 8.12. The summed E-state index contributed by atoms with van der Waals surface area (Å²) in [7, 11) is 1.59. The molecule has 236 valence electrons. The van der Waals surface area contributed by atoms with E-state index < -0.39 is 0 Å². The molecule has 0 aliphatic carbocycles. The van der Waals surface area contributed by atoms with E-state index in [0.717, 1.165) is 28.8 Å². The van der Waals surface area contributed by atoms with Crippen molar-refractivity contribution in [1.29, 1.82) is 0 Å². The SMILES string of the molecule is C=CC(=O)Nc1cc(Nc2cc(N3OCC[C@@H]3c3cccc(-c4ccccc4)c3)ncn2)c(OC)cc1N1CCN(C(C)=O)CC1. The molecule has 3 heterocycles. The Morgan fingerprint density at radius 2 is 1.74 bits per heavy atom. The zero-order valence-corrected chi connectivity index (χ0v) is 26.0. The smallest absolute Gasteiger partial charge is 0.247 e. The molecule has 11 nitrogen and oxygen atoms in total. The number of nitrogens with zero attached hydrogens (tertiary/aromatic N) is 5. The van der Waals surface area contributed by atoms with Gasteiger partial charge in [0, 0.05) is 51.7 Å². The van der Waals surface area contributed by atoms with Crippen LogP contribution in [-0.4, -0.2) is 66.6 Å². The maximum Gasteiger partial charge on any atom is 0.247 e. The van der Waals surface area contributed by atoms with Crippen LogP contribution < -0.4 is 25.3 Å². The fourth-order valence-electron chi connectivity index (χ4n) is 5.87. The second kappa shape index (κ2) is 13.7. The van der Waals surface area contributed by atoms with Crippen LogP contribution in [0.15, 0.2) is 91.8 Å². The highest BCUT2D eigenvalue weighted by Crippen LogP contribution is 2.40. The fourth-order valence-corrected chi connectivity index (χ4v) is 5.87. The van der Waals surface area contributed by atoms with Crippen molar-refractivity contribution in [2.24, 2.45) is 0 Å². The van der Waals surface area contributed by atoms with Crippen LogP contribution in [0.4, 0.5) is 28.7 Å². The van der Waals surface area contributed by atoms with Crippen LogP contribution in [0.2, 0.25) is 0 Å². The highest BCUT2D eigenvalue weighted by Gasteiger charge is 2.30. The molecule has 11 heteroatoms. The molecule has 0 bridgehead atoms. The summed E-state index contributed by atoms with van der Waals surface area (Å²) < 4.78 is 5.78. The molecule has 1 aromatic heterocycles. The molecule has 6 rings (SSSR count). The van der Waals surface area contributed by atoms with E-state index in [9.17, 15) is 9.59 Å². The van der Waals surface area contributed by atoms with Crippen LogP contribution in [0.5, 0.6) is 5.75 Å². The van der Waals surface area contributed by atoms with Crippen molar-refractivity contribution in [3.05, 3.63) is 97.3 Å². The van der Waals surface area contributed by atoms with E-state index in [1.165, 1.54) is 12.4 Å². The molecule has 2 fully saturated rings. The van der Waals surface area contributed by atoms with E-state index in [2.05, 4.69) is 68.5 Å². The summed E-state index contributed by atoms with van der Waals surface area (Å²) in [6, 6.07) is 24.3. The molecule has 0 saturated carbocycles.